The van der Waals surface area contributed by atoms with Gasteiger partial charge in [-0.1, -0.05) is 12.1 Å². The van der Waals surface area contributed by atoms with Crippen LogP contribution >= 0.6 is 0 Å². The van der Waals surface area contributed by atoms with Crippen LogP contribution in [0.2, 0.25) is 0 Å². The van der Waals surface area contributed by atoms with Crippen molar-refractivity contribution in [3.8, 4) is 11.4 Å². The number of hydrogen-bond acceptors (Lipinski definition) is 5. The lowest BCUT2D eigenvalue weighted by Gasteiger charge is -2.08. The van der Waals surface area contributed by atoms with Gasteiger partial charge in [-0.2, -0.15) is 0 Å². The number of imidazole rings is 1. The minimum absolute atomic E-state index is 0.0168. The van der Waals surface area contributed by atoms with E-state index in [4.69, 9.17) is 0 Å². The smallest absolute Gasteiger partial charge is 0.268 e. The Morgan fingerprint density at radius 1 is 0.962 bits per heavy atom. The van der Waals surface area contributed by atoms with Gasteiger partial charge in [-0.05, 0) is 36.4 Å². The molecule has 0 spiro atoms. The van der Waals surface area contributed by atoms with E-state index in [1.54, 1.807) is 36.7 Å². The summed E-state index contributed by atoms with van der Waals surface area (Å²) >= 11 is 0. The van der Waals surface area contributed by atoms with Gasteiger partial charge < -0.3 is 0 Å². The largest absolute Gasteiger partial charge is 0.269 e. The van der Waals surface area contributed by atoms with Crippen LogP contribution in [0.4, 0.5) is 5.69 Å². The van der Waals surface area contributed by atoms with Crippen LogP contribution < -0.4 is 0 Å². The van der Waals surface area contributed by atoms with Crippen LogP contribution in [0.15, 0.2) is 73.1 Å². The van der Waals surface area contributed by atoms with Crippen LogP contribution in [0.5, 0.6) is 0 Å². The van der Waals surface area contributed by atoms with Crippen LogP contribution in [0, 0.1) is 10.1 Å². The van der Waals surface area contributed by atoms with Crippen molar-refractivity contribution < 1.29 is 9.72 Å². The third-order valence-corrected chi connectivity index (χ3v) is 4.03. The summed E-state index contributed by atoms with van der Waals surface area (Å²) < 4.78 is 1.52. The molecule has 2 aromatic heterocycles. The van der Waals surface area contributed by atoms with Gasteiger partial charge in [-0.25, -0.2) is 4.98 Å². The molecule has 7 heteroatoms. The number of rotatable bonds is 3. The third kappa shape index (κ3) is 2.61. The fraction of sp³-hybridized carbons (Fsp3) is 0. The second-order valence-corrected chi connectivity index (χ2v) is 5.60. The highest BCUT2D eigenvalue weighted by Crippen LogP contribution is 2.27. The van der Waals surface area contributed by atoms with Gasteiger partial charge in [0.05, 0.1) is 16.0 Å². The van der Waals surface area contributed by atoms with E-state index in [9.17, 15) is 14.9 Å². The predicted molar refractivity (Wildman–Crippen MR) is 95.8 cm³/mol. The number of para-hydroxylation sites is 2. The van der Waals surface area contributed by atoms with Crippen molar-refractivity contribution in [2.45, 2.75) is 0 Å². The van der Waals surface area contributed by atoms with E-state index in [2.05, 4.69) is 9.97 Å². The van der Waals surface area contributed by atoms with Crippen LogP contribution in [-0.2, 0) is 0 Å². The van der Waals surface area contributed by atoms with Gasteiger partial charge in [-0.15, -0.1) is 0 Å². The molecule has 0 saturated carbocycles. The van der Waals surface area contributed by atoms with Crippen LogP contribution in [0.3, 0.4) is 0 Å². The zero-order valence-electron chi connectivity index (χ0n) is 13.4. The minimum atomic E-state index is -0.463. The van der Waals surface area contributed by atoms with Gasteiger partial charge in [0, 0.05) is 35.7 Å². The number of non-ortho nitro benzene ring substituents is 1. The average molecular weight is 344 g/mol. The Morgan fingerprint density at radius 3 is 2.35 bits per heavy atom. The normalized spacial score (nSPS) is 10.8. The van der Waals surface area contributed by atoms with E-state index in [1.165, 1.54) is 16.7 Å². The number of carbonyl (C=O) groups excluding carboxylic acids is 1. The molecule has 26 heavy (non-hydrogen) atoms. The highest BCUT2D eigenvalue weighted by Gasteiger charge is 2.20. The molecule has 4 aromatic rings. The van der Waals surface area contributed by atoms with E-state index in [1.807, 2.05) is 24.3 Å². The Hall–Kier alpha value is -3.87. The molecule has 0 unspecified atom stereocenters. The molecule has 2 heterocycles. The SMILES string of the molecule is O=C(c1ccncc1)n1c(-c2ccc([N+](=O)[O-])cc2)nc2ccccc21. The molecule has 0 bridgehead atoms. The van der Waals surface area contributed by atoms with Gasteiger partial charge in [-0.3, -0.25) is 24.5 Å². The Morgan fingerprint density at radius 2 is 1.65 bits per heavy atom. The third-order valence-electron chi connectivity index (χ3n) is 4.03. The number of aromatic nitrogens is 3. The molecule has 0 aliphatic heterocycles. The molecule has 0 atom stereocenters. The van der Waals surface area contributed by atoms with Crippen molar-refractivity contribution in [1.82, 2.24) is 14.5 Å². The summed E-state index contributed by atoms with van der Waals surface area (Å²) in [5.41, 5.74) is 2.42. The Bertz CT molecular complexity index is 1120. The molecule has 0 aliphatic carbocycles. The Kier molecular flexibility index (Phi) is 3.74. The van der Waals surface area contributed by atoms with Crippen LogP contribution in [0.25, 0.3) is 22.4 Å². The number of pyridine rings is 1. The lowest BCUT2D eigenvalue weighted by molar-refractivity contribution is -0.384. The molecular formula is C19H12N4O3. The van der Waals surface area contributed by atoms with Gasteiger partial charge in [0.2, 0.25) is 0 Å². The van der Waals surface area contributed by atoms with E-state index in [0.29, 0.717) is 28.0 Å². The molecule has 0 amide bonds. The molecule has 0 saturated heterocycles. The number of hydrogen-bond donors (Lipinski definition) is 0. The standard InChI is InChI=1S/C19H12N4O3/c24-19(14-9-11-20-12-10-14)22-17-4-2-1-3-16(17)21-18(22)13-5-7-15(8-6-13)23(25)26/h1-12H. The van der Waals surface area contributed by atoms with Crippen LogP contribution in [0.1, 0.15) is 10.4 Å². The van der Waals surface area contributed by atoms with Crippen molar-refractivity contribution in [3.05, 3.63) is 88.7 Å². The van der Waals surface area contributed by atoms with Gasteiger partial charge in [0.1, 0.15) is 5.82 Å². The number of nitro groups is 1. The van der Waals surface area contributed by atoms with Crippen molar-refractivity contribution in [3.63, 3.8) is 0 Å². The summed E-state index contributed by atoms with van der Waals surface area (Å²) in [5.74, 6) is 0.192. The summed E-state index contributed by atoms with van der Waals surface area (Å²) in [6.45, 7) is 0. The zero-order valence-corrected chi connectivity index (χ0v) is 13.4. The molecule has 126 valence electrons. The monoisotopic (exact) mass is 344 g/mol. The van der Waals surface area contributed by atoms with Crippen molar-refractivity contribution in [1.29, 1.82) is 0 Å². The van der Waals surface area contributed by atoms with Crippen molar-refractivity contribution >= 4 is 22.6 Å². The van der Waals surface area contributed by atoms with E-state index < -0.39 is 4.92 Å². The van der Waals surface area contributed by atoms with Gasteiger partial charge >= 0.3 is 0 Å². The second-order valence-electron chi connectivity index (χ2n) is 5.60. The van der Waals surface area contributed by atoms with E-state index in [-0.39, 0.29) is 11.6 Å². The van der Waals surface area contributed by atoms with Gasteiger partial charge in [0.15, 0.2) is 0 Å². The topological polar surface area (TPSA) is 90.9 Å². The molecule has 0 radical (unpaired) electrons. The Balaban J connectivity index is 1.92. The quantitative estimate of drug-likeness (QED) is 0.417. The van der Waals surface area contributed by atoms with E-state index in [0.717, 1.165) is 0 Å². The molecule has 4 rings (SSSR count). The fourth-order valence-corrected chi connectivity index (χ4v) is 2.78. The Labute approximate surface area is 147 Å². The highest BCUT2D eigenvalue weighted by molar-refractivity contribution is 6.04. The summed E-state index contributed by atoms with van der Waals surface area (Å²) in [4.78, 5) is 32.0. The summed E-state index contributed by atoms with van der Waals surface area (Å²) in [6.07, 6.45) is 3.11. The first-order chi connectivity index (χ1) is 12.6. The highest BCUT2D eigenvalue weighted by atomic mass is 16.6. The maximum Gasteiger partial charge on any atom is 0.269 e. The molecular weight excluding hydrogens is 332 g/mol. The predicted octanol–water partition coefficient (Wildman–Crippen LogP) is 3.70. The maximum absolute atomic E-state index is 13.1. The summed E-state index contributed by atoms with van der Waals surface area (Å²) in [7, 11) is 0. The van der Waals surface area contributed by atoms with E-state index >= 15 is 0 Å². The second kappa shape index (κ2) is 6.21. The molecule has 0 N–H and O–H groups in total. The maximum atomic E-state index is 13.1. The lowest BCUT2D eigenvalue weighted by atomic mass is 10.2. The van der Waals surface area contributed by atoms with Crippen LogP contribution in [-0.4, -0.2) is 25.4 Å². The summed E-state index contributed by atoms with van der Waals surface area (Å²) in [6, 6.07) is 16.6. The van der Waals surface area contributed by atoms with Gasteiger partial charge in [0.25, 0.3) is 11.6 Å². The fourth-order valence-electron chi connectivity index (χ4n) is 2.78. The minimum Gasteiger partial charge on any atom is -0.268 e. The number of fused-ring (bicyclic) bond motifs is 1. The zero-order chi connectivity index (χ0) is 18.1. The molecule has 0 fully saturated rings. The number of carbonyl (C=O) groups is 1. The number of nitro benzene ring substituents is 1. The first kappa shape index (κ1) is 15.6. The molecule has 0 aliphatic rings. The number of benzene rings is 2. The molecule has 7 nitrogen and oxygen atoms in total. The number of nitrogens with zero attached hydrogens (tertiary/aromatic N) is 4. The van der Waals surface area contributed by atoms with Crippen molar-refractivity contribution in [2.24, 2.45) is 0 Å². The summed E-state index contributed by atoms with van der Waals surface area (Å²) in [5, 5.41) is 10.9. The lowest BCUT2D eigenvalue weighted by Crippen LogP contribution is -2.13. The van der Waals surface area contributed by atoms with Crippen molar-refractivity contribution in [2.75, 3.05) is 0 Å². The first-order valence-electron chi connectivity index (χ1n) is 7.82. The average Bonchev–Trinajstić information content (AvgIpc) is 3.07. The molecule has 2 aromatic carbocycles. The first-order valence-corrected chi connectivity index (χ1v) is 7.82.